The van der Waals surface area contributed by atoms with Crippen molar-refractivity contribution in [3.63, 3.8) is 0 Å². The molecule has 1 N–H and O–H groups in total. The Kier molecular flexibility index (Phi) is 6.70. The van der Waals surface area contributed by atoms with Crippen LogP contribution in [-0.2, 0) is 16.1 Å². The van der Waals surface area contributed by atoms with Crippen LogP contribution in [0.5, 0.6) is 0 Å². The van der Waals surface area contributed by atoms with Crippen molar-refractivity contribution in [2.75, 3.05) is 26.3 Å². The number of carbonyl (C=O) groups excluding carboxylic acids is 2. The van der Waals surface area contributed by atoms with E-state index in [1.54, 1.807) is 47.4 Å². The normalized spacial score (nSPS) is 14.0. The highest BCUT2D eigenvalue weighted by Crippen LogP contribution is 2.18. The summed E-state index contributed by atoms with van der Waals surface area (Å²) in [5.41, 5.74) is 1.74. The minimum atomic E-state index is -0.489. The maximum Gasteiger partial charge on any atom is 0.276 e. The average Bonchev–Trinajstić information content (AvgIpc) is 2.77. The molecule has 0 spiro atoms. The number of rotatable bonds is 6. The van der Waals surface area contributed by atoms with E-state index in [1.165, 1.54) is 18.2 Å². The standard InChI is InChI=1S/C21H21N3O5/c25-20(10-9-17-3-1-2-4-19(17)24(27)28)22-15-16-5-7-18(8-6-16)21(26)23-11-13-29-14-12-23/h1-10H,11-15H2,(H,22,25). The quantitative estimate of drug-likeness (QED) is 0.460. The van der Waals surface area contributed by atoms with E-state index in [4.69, 9.17) is 4.74 Å². The summed E-state index contributed by atoms with van der Waals surface area (Å²) in [5.74, 6) is -0.395. The Bertz CT molecular complexity index is 918. The molecule has 1 saturated heterocycles. The zero-order chi connectivity index (χ0) is 20.6. The highest BCUT2D eigenvalue weighted by Gasteiger charge is 2.18. The number of ether oxygens (including phenoxy) is 1. The second kappa shape index (κ2) is 9.61. The number of hydrogen-bond donors (Lipinski definition) is 1. The topological polar surface area (TPSA) is 102 Å². The Balaban J connectivity index is 1.54. The number of nitrogens with one attached hydrogen (secondary N) is 1. The first-order chi connectivity index (χ1) is 14.0. The van der Waals surface area contributed by atoms with Gasteiger partial charge < -0.3 is 15.0 Å². The van der Waals surface area contributed by atoms with Crippen molar-refractivity contribution in [2.24, 2.45) is 0 Å². The molecule has 8 heteroatoms. The Labute approximate surface area is 167 Å². The summed E-state index contributed by atoms with van der Waals surface area (Å²) < 4.78 is 5.25. The molecule has 1 aliphatic rings. The fraction of sp³-hybridized carbons (Fsp3) is 0.238. The Morgan fingerprint density at radius 3 is 2.48 bits per heavy atom. The van der Waals surface area contributed by atoms with Gasteiger partial charge in [-0.05, 0) is 29.8 Å². The van der Waals surface area contributed by atoms with Crippen LogP contribution >= 0.6 is 0 Å². The molecule has 29 heavy (non-hydrogen) atoms. The molecule has 1 heterocycles. The minimum absolute atomic E-state index is 0.0312. The molecule has 150 valence electrons. The molecule has 0 atom stereocenters. The van der Waals surface area contributed by atoms with Crippen LogP contribution in [0.1, 0.15) is 21.5 Å². The van der Waals surface area contributed by atoms with E-state index in [1.807, 2.05) is 0 Å². The summed E-state index contributed by atoms with van der Waals surface area (Å²) in [6, 6.07) is 13.3. The molecule has 0 bridgehead atoms. The maximum absolute atomic E-state index is 12.4. The predicted octanol–water partition coefficient (Wildman–Crippen LogP) is 2.40. The highest BCUT2D eigenvalue weighted by atomic mass is 16.6. The fourth-order valence-electron chi connectivity index (χ4n) is 2.92. The van der Waals surface area contributed by atoms with Crippen LogP contribution in [0, 0.1) is 10.1 Å². The first-order valence-electron chi connectivity index (χ1n) is 9.20. The number of nitro groups is 1. The maximum atomic E-state index is 12.4. The van der Waals surface area contributed by atoms with Crippen LogP contribution in [-0.4, -0.2) is 47.9 Å². The van der Waals surface area contributed by atoms with Crippen LogP contribution in [0.2, 0.25) is 0 Å². The zero-order valence-electron chi connectivity index (χ0n) is 15.7. The smallest absolute Gasteiger partial charge is 0.276 e. The van der Waals surface area contributed by atoms with Gasteiger partial charge in [-0.3, -0.25) is 19.7 Å². The molecule has 2 amide bonds. The number of hydrogen-bond acceptors (Lipinski definition) is 5. The number of para-hydroxylation sites is 1. The minimum Gasteiger partial charge on any atom is -0.378 e. The molecule has 1 fully saturated rings. The van der Waals surface area contributed by atoms with E-state index in [2.05, 4.69) is 5.32 Å². The van der Waals surface area contributed by atoms with E-state index in [9.17, 15) is 19.7 Å². The van der Waals surface area contributed by atoms with Gasteiger partial charge in [0.2, 0.25) is 5.91 Å². The Morgan fingerprint density at radius 1 is 1.10 bits per heavy atom. The second-order valence-electron chi connectivity index (χ2n) is 6.47. The third-order valence-electron chi connectivity index (χ3n) is 4.51. The van der Waals surface area contributed by atoms with Gasteiger partial charge in [-0.25, -0.2) is 0 Å². The molecule has 2 aromatic rings. The average molecular weight is 395 g/mol. The summed E-state index contributed by atoms with van der Waals surface area (Å²) in [6.07, 6.45) is 2.68. The molecule has 8 nitrogen and oxygen atoms in total. The molecular weight excluding hydrogens is 374 g/mol. The van der Waals surface area contributed by atoms with Gasteiger partial charge in [0.25, 0.3) is 11.6 Å². The Morgan fingerprint density at radius 2 is 1.79 bits per heavy atom. The molecule has 0 aliphatic carbocycles. The molecule has 0 radical (unpaired) electrons. The predicted molar refractivity (Wildman–Crippen MR) is 107 cm³/mol. The number of carbonyl (C=O) groups is 2. The number of nitrogens with zero attached hydrogens (tertiary/aromatic N) is 2. The lowest BCUT2D eigenvalue weighted by Crippen LogP contribution is -2.40. The first-order valence-corrected chi connectivity index (χ1v) is 9.20. The monoisotopic (exact) mass is 395 g/mol. The lowest BCUT2D eigenvalue weighted by Gasteiger charge is -2.26. The number of morpholine rings is 1. The molecule has 0 saturated carbocycles. The van der Waals surface area contributed by atoms with Gasteiger partial charge in [-0.15, -0.1) is 0 Å². The summed E-state index contributed by atoms with van der Waals surface area (Å²) in [5, 5.41) is 13.7. The van der Waals surface area contributed by atoms with Gasteiger partial charge in [0.15, 0.2) is 0 Å². The zero-order valence-corrected chi connectivity index (χ0v) is 15.7. The van der Waals surface area contributed by atoms with Crippen LogP contribution in [0.3, 0.4) is 0 Å². The van der Waals surface area contributed by atoms with Gasteiger partial charge in [0.05, 0.1) is 23.7 Å². The van der Waals surface area contributed by atoms with E-state index >= 15 is 0 Å². The molecule has 1 aliphatic heterocycles. The molecule has 0 aromatic heterocycles. The number of benzene rings is 2. The van der Waals surface area contributed by atoms with Crippen molar-refractivity contribution in [3.05, 3.63) is 81.4 Å². The van der Waals surface area contributed by atoms with Crippen molar-refractivity contribution < 1.29 is 19.2 Å². The fourth-order valence-corrected chi connectivity index (χ4v) is 2.92. The lowest BCUT2D eigenvalue weighted by atomic mass is 10.1. The lowest BCUT2D eigenvalue weighted by molar-refractivity contribution is -0.385. The van der Waals surface area contributed by atoms with E-state index in [0.717, 1.165) is 5.56 Å². The van der Waals surface area contributed by atoms with E-state index < -0.39 is 4.92 Å². The molecule has 3 rings (SSSR count). The van der Waals surface area contributed by atoms with Crippen molar-refractivity contribution in [1.82, 2.24) is 10.2 Å². The van der Waals surface area contributed by atoms with Crippen molar-refractivity contribution in [2.45, 2.75) is 6.54 Å². The van der Waals surface area contributed by atoms with Gasteiger partial charge in [-0.2, -0.15) is 0 Å². The van der Waals surface area contributed by atoms with Crippen LogP contribution in [0.4, 0.5) is 5.69 Å². The third-order valence-corrected chi connectivity index (χ3v) is 4.51. The van der Waals surface area contributed by atoms with Gasteiger partial charge in [0.1, 0.15) is 0 Å². The molecular formula is C21H21N3O5. The number of amides is 2. The Hall–Kier alpha value is -3.52. The summed E-state index contributed by atoms with van der Waals surface area (Å²) in [7, 11) is 0. The number of nitro benzene ring substituents is 1. The highest BCUT2D eigenvalue weighted by molar-refractivity contribution is 5.94. The van der Waals surface area contributed by atoms with Crippen LogP contribution in [0.15, 0.2) is 54.6 Å². The third kappa shape index (κ3) is 5.49. The van der Waals surface area contributed by atoms with Crippen LogP contribution < -0.4 is 5.32 Å². The van der Waals surface area contributed by atoms with Gasteiger partial charge in [0, 0.05) is 37.3 Å². The second-order valence-corrected chi connectivity index (χ2v) is 6.47. The summed E-state index contributed by atoms with van der Waals surface area (Å²) in [6.45, 7) is 2.56. The van der Waals surface area contributed by atoms with Gasteiger partial charge in [-0.1, -0.05) is 24.3 Å². The molecule has 2 aromatic carbocycles. The van der Waals surface area contributed by atoms with E-state index in [-0.39, 0.29) is 24.0 Å². The van der Waals surface area contributed by atoms with Gasteiger partial charge >= 0.3 is 0 Å². The van der Waals surface area contributed by atoms with Crippen molar-refractivity contribution in [1.29, 1.82) is 0 Å². The van der Waals surface area contributed by atoms with Crippen molar-refractivity contribution >= 4 is 23.6 Å². The first kappa shape index (κ1) is 20.2. The van der Waals surface area contributed by atoms with Crippen LogP contribution in [0.25, 0.3) is 6.08 Å². The van der Waals surface area contributed by atoms with E-state index in [0.29, 0.717) is 37.4 Å². The summed E-state index contributed by atoms with van der Waals surface area (Å²) in [4.78, 5) is 36.7. The SMILES string of the molecule is O=C(C=Cc1ccccc1[N+](=O)[O-])NCc1ccc(C(=O)N2CCOCC2)cc1. The molecule has 0 unspecified atom stereocenters. The summed E-state index contributed by atoms with van der Waals surface area (Å²) >= 11 is 0. The largest absolute Gasteiger partial charge is 0.378 e. The van der Waals surface area contributed by atoms with Crippen molar-refractivity contribution in [3.8, 4) is 0 Å².